The van der Waals surface area contributed by atoms with E-state index >= 15 is 0 Å². The van der Waals surface area contributed by atoms with Crippen LogP contribution in [0.4, 0.5) is 0 Å². The Morgan fingerprint density at radius 2 is 2.00 bits per heavy atom. The standard InChI is InChI=1S/C10H19N/c1-2-11-8-7-9-5-3-4-6-10(9)11/h9-10H,2-8H2,1H3. The summed E-state index contributed by atoms with van der Waals surface area (Å²) in [5.41, 5.74) is 0. The van der Waals surface area contributed by atoms with Gasteiger partial charge in [0.05, 0.1) is 0 Å². The summed E-state index contributed by atoms with van der Waals surface area (Å²) in [5, 5.41) is 0. The summed E-state index contributed by atoms with van der Waals surface area (Å²) in [6, 6.07) is 0.980. The van der Waals surface area contributed by atoms with Gasteiger partial charge in [0.25, 0.3) is 0 Å². The minimum Gasteiger partial charge on any atom is -0.300 e. The largest absolute Gasteiger partial charge is 0.300 e. The minimum atomic E-state index is 0.980. The maximum atomic E-state index is 2.68. The summed E-state index contributed by atoms with van der Waals surface area (Å²) in [6.45, 7) is 4.96. The molecule has 2 aliphatic rings. The highest BCUT2D eigenvalue weighted by molar-refractivity contribution is 4.88. The zero-order valence-electron chi connectivity index (χ0n) is 7.55. The third-order valence-corrected chi connectivity index (χ3v) is 3.53. The van der Waals surface area contributed by atoms with Gasteiger partial charge in [-0.25, -0.2) is 0 Å². The van der Waals surface area contributed by atoms with Gasteiger partial charge in [0, 0.05) is 6.04 Å². The number of fused-ring (bicyclic) bond motifs is 1. The Morgan fingerprint density at radius 1 is 1.18 bits per heavy atom. The highest BCUT2D eigenvalue weighted by atomic mass is 15.2. The van der Waals surface area contributed by atoms with E-state index in [0.717, 1.165) is 12.0 Å². The van der Waals surface area contributed by atoms with Gasteiger partial charge >= 0.3 is 0 Å². The van der Waals surface area contributed by atoms with Crippen LogP contribution < -0.4 is 0 Å². The Labute approximate surface area is 69.8 Å². The van der Waals surface area contributed by atoms with Crippen LogP contribution in [0, 0.1) is 5.92 Å². The van der Waals surface area contributed by atoms with Crippen molar-refractivity contribution in [3.05, 3.63) is 0 Å². The van der Waals surface area contributed by atoms with Crippen molar-refractivity contribution in [3.8, 4) is 0 Å². The van der Waals surface area contributed by atoms with E-state index in [9.17, 15) is 0 Å². The second kappa shape index (κ2) is 3.14. The molecule has 1 heterocycles. The molecule has 2 atom stereocenters. The molecule has 1 heteroatoms. The molecular weight excluding hydrogens is 134 g/mol. The molecule has 1 aliphatic carbocycles. The molecule has 0 amide bonds. The van der Waals surface area contributed by atoms with E-state index in [0.29, 0.717) is 0 Å². The number of hydrogen-bond donors (Lipinski definition) is 0. The Kier molecular flexibility index (Phi) is 2.17. The summed E-state index contributed by atoms with van der Waals surface area (Å²) in [4.78, 5) is 2.68. The monoisotopic (exact) mass is 153 g/mol. The van der Waals surface area contributed by atoms with Crippen LogP contribution in [0.15, 0.2) is 0 Å². The molecule has 0 aromatic rings. The van der Waals surface area contributed by atoms with Crippen LogP contribution in [0.2, 0.25) is 0 Å². The van der Waals surface area contributed by atoms with E-state index in [1.165, 1.54) is 45.2 Å². The first-order valence-electron chi connectivity index (χ1n) is 5.16. The highest BCUT2D eigenvalue weighted by Crippen LogP contribution is 2.35. The molecule has 0 aromatic heterocycles. The van der Waals surface area contributed by atoms with E-state index in [-0.39, 0.29) is 0 Å². The van der Waals surface area contributed by atoms with E-state index < -0.39 is 0 Å². The predicted octanol–water partition coefficient (Wildman–Crippen LogP) is 2.27. The lowest BCUT2D eigenvalue weighted by Crippen LogP contribution is -2.34. The summed E-state index contributed by atoms with van der Waals surface area (Å²) < 4.78 is 0. The van der Waals surface area contributed by atoms with Gasteiger partial charge in [0.2, 0.25) is 0 Å². The zero-order valence-corrected chi connectivity index (χ0v) is 7.55. The lowest BCUT2D eigenvalue weighted by Gasteiger charge is -2.30. The van der Waals surface area contributed by atoms with Crippen LogP contribution in [0.1, 0.15) is 39.0 Å². The number of hydrogen-bond acceptors (Lipinski definition) is 1. The predicted molar refractivity (Wildman–Crippen MR) is 47.6 cm³/mol. The van der Waals surface area contributed by atoms with Crippen molar-refractivity contribution in [1.82, 2.24) is 4.90 Å². The van der Waals surface area contributed by atoms with Crippen LogP contribution in [0.25, 0.3) is 0 Å². The second-order valence-corrected chi connectivity index (χ2v) is 4.03. The molecule has 2 rings (SSSR count). The molecule has 0 N–H and O–H groups in total. The molecule has 0 spiro atoms. The molecule has 2 unspecified atom stereocenters. The first-order valence-corrected chi connectivity index (χ1v) is 5.16. The van der Waals surface area contributed by atoms with Crippen LogP contribution in [0.5, 0.6) is 0 Å². The summed E-state index contributed by atoms with van der Waals surface area (Å²) in [7, 11) is 0. The average molecular weight is 153 g/mol. The normalized spacial score (nSPS) is 39.0. The SMILES string of the molecule is CCN1CCC2CCCCC21. The van der Waals surface area contributed by atoms with Gasteiger partial charge in [-0.3, -0.25) is 0 Å². The molecule has 2 fully saturated rings. The summed E-state index contributed by atoms with van der Waals surface area (Å²) >= 11 is 0. The second-order valence-electron chi connectivity index (χ2n) is 4.03. The summed E-state index contributed by atoms with van der Waals surface area (Å²) in [5.74, 6) is 1.07. The van der Waals surface area contributed by atoms with Gasteiger partial charge in [-0.1, -0.05) is 19.8 Å². The number of rotatable bonds is 1. The average Bonchev–Trinajstić information content (AvgIpc) is 2.47. The third-order valence-electron chi connectivity index (χ3n) is 3.53. The smallest absolute Gasteiger partial charge is 0.0124 e. The van der Waals surface area contributed by atoms with Crippen molar-refractivity contribution in [2.75, 3.05) is 13.1 Å². The molecule has 1 nitrogen and oxygen atoms in total. The molecule has 1 aliphatic heterocycles. The maximum absolute atomic E-state index is 2.68. The molecular formula is C10H19N. The van der Waals surface area contributed by atoms with E-state index in [1.54, 1.807) is 0 Å². The molecule has 64 valence electrons. The fourth-order valence-corrected chi connectivity index (χ4v) is 2.90. The Morgan fingerprint density at radius 3 is 2.82 bits per heavy atom. The molecule has 1 saturated carbocycles. The van der Waals surface area contributed by atoms with Gasteiger partial charge in [-0.05, 0) is 38.3 Å². The quantitative estimate of drug-likeness (QED) is 0.558. The molecule has 0 aromatic carbocycles. The van der Waals surface area contributed by atoms with Gasteiger partial charge < -0.3 is 4.90 Å². The molecule has 0 radical (unpaired) electrons. The highest BCUT2D eigenvalue weighted by Gasteiger charge is 2.34. The van der Waals surface area contributed by atoms with Crippen molar-refractivity contribution in [2.24, 2.45) is 5.92 Å². The Bertz CT molecular complexity index is 127. The van der Waals surface area contributed by atoms with Crippen LogP contribution in [-0.2, 0) is 0 Å². The van der Waals surface area contributed by atoms with E-state index in [1.807, 2.05) is 0 Å². The van der Waals surface area contributed by atoms with Crippen LogP contribution >= 0.6 is 0 Å². The maximum Gasteiger partial charge on any atom is 0.0124 e. The van der Waals surface area contributed by atoms with E-state index in [2.05, 4.69) is 11.8 Å². The molecule has 0 bridgehead atoms. The van der Waals surface area contributed by atoms with Crippen LogP contribution in [0.3, 0.4) is 0 Å². The fraction of sp³-hybridized carbons (Fsp3) is 1.00. The fourth-order valence-electron chi connectivity index (χ4n) is 2.90. The third kappa shape index (κ3) is 1.31. The van der Waals surface area contributed by atoms with Crippen molar-refractivity contribution in [2.45, 2.75) is 45.1 Å². The van der Waals surface area contributed by atoms with Gasteiger partial charge in [-0.15, -0.1) is 0 Å². The molecule has 11 heavy (non-hydrogen) atoms. The van der Waals surface area contributed by atoms with Crippen molar-refractivity contribution in [1.29, 1.82) is 0 Å². The van der Waals surface area contributed by atoms with Gasteiger partial charge in [0.15, 0.2) is 0 Å². The Balaban J connectivity index is 1.98. The van der Waals surface area contributed by atoms with E-state index in [4.69, 9.17) is 0 Å². The number of nitrogens with zero attached hydrogens (tertiary/aromatic N) is 1. The lowest BCUT2D eigenvalue weighted by molar-refractivity contribution is 0.190. The first kappa shape index (κ1) is 7.60. The topological polar surface area (TPSA) is 3.24 Å². The number of likely N-dealkylation sites (tertiary alicyclic amines) is 1. The van der Waals surface area contributed by atoms with Crippen molar-refractivity contribution in [3.63, 3.8) is 0 Å². The first-order chi connectivity index (χ1) is 5.42. The Hall–Kier alpha value is -0.0400. The lowest BCUT2D eigenvalue weighted by atomic mass is 9.85. The molecule has 1 saturated heterocycles. The zero-order chi connectivity index (χ0) is 7.68. The van der Waals surface area contributed by atoms with Crippen molar-refractivity contribution < 1.29 is 0 Å². The van der Waals surface area contributed by atoms with Gasteiger partial charge in [-0.2, -0.15) is 0 Å². The van der Waals surface area contributed by atoms with Crippen molar-refractivity contribution >= 4 is 0 Å². The minimum absolute atomic E-state index is 0.980. The van der Waals surface area contributed by atoms with Gasteiger partial charge in [0.1, 0.15) is 0 Å². The summed E-state index contributed by atoms with van der Waals surface area (Å²) in [6.07, 6.45) is 7.47. The van der Waals surface area contributed by atoms with Crippen LogP contribution in [-0.4, -0.2) is 24.0 Å².